The highest BCUT2D eigenvalue weighted by Crippen LogP contribution is 2.47. The van der Waals surface area contributed by atoms with Crippen molar-refractivity contribution in [1.29, 1.82) is 0 Å². The zero-order valence-corrected chi connectivity index (χ0v) is 17.6. The lowest BCUT2D eigenvalue weighted by molar-refractivity contribution is 0.745. The Morgan fingerprint density at radius 1 is 0.774 bits per heavy atom. The van der Waals surface area contributed by atoms with Crippen LogP contribution in [0.15, 0.2) is 113 Å². The van der Waals surface area contributed by atoms with Crippen LogP contribution in [0.4, 0.5) is 5.69 Å². The van der Waals surface area contributed by atoms with Crippen molar-refractivity contribution in [3.8, 4) is 0 Å². The van der Waals surface area contributed by atoms with E-state index < -0.39 is 0 Å². The predicted octanol–water partition coefficient (Wildman–Crippen LogP) is 7.47. The largest absolute Gasteiger partial charge is 0.308 e. The van der Waals surface area contributed by atoms with Crippen molar-refractivity contribution in [1.82, 2.24) is 0 Å². The topological polar surface area (TPSA) is 32.7 Å². The summed E-state index contributed by atoms with van der Waals surface area (Å²) in [6.45, 7) is 2.09. The van der Waals surface area contributed by atoms with Crippen LogP contribution in [0, 0.1) is 11.8 Å². The Hall–Kier alpha value is -3.72. The maximum atomic E-state index is 12.0. The molecule has 2 aliphatic rings. The van der Waals surface area contributed by atoms with E-state index in [0.29, 0.717) is 12.1 Å². The molecule has 0 spiro atoms. The number of rotatable bonds is 4. The molecule has 1 aliphatic carbocycles. The molecule has 0 unspecified atom stereocenters. The molecule has 0 radical (unpaired) electrons. The van der Waals surface area contributed by atoms with E-state index in [1.165, 1.54) is 22.3 Å². The first kappa shape index (κ1) is 19.3. The third kappa shape index (κ3) is 3.53. The fraction of sp³-hybridized carbons (Fsp3) is 0.143. The maximum Gasteiger partial charge on any atom is 0.109 e. The average molecular weight is 405 g/mol. The van der Waals surface area contributed by atoms with Crippen LogP contribution >= 0.6 is 0 Å². The average Bonchev–Trinajstić information content (AvgIpc) is 2.84. The van der Waals surface area contributed by atoms with Gasteiger partial charge in [-0.2, -0.15) is 0 Å². The Balaban J connectivity index is 1.82. The number of allylic oxidation sites excluding steroid dienone is 4. The van der Waals surface area contributed by atoms with Gasteiger partial charge in [-0.15, -0.1) is 4.91 Å². The molecule has 1 heterocycles. The second kappa shape index (κ2) is 8.19. The second-order valence-corrected chi connectivity index (χ2v) is 8.06. The van der Waals surface area contributed by atoms with Gasteiger partial charge in [0.25, 0.3) is 0 Å². The Bertz CT molecular complexity index is 1200. The van der Waals surface area contributed by atoms with Gasteiger partial charge in [0, 0.05) is 5.69 Å². The molecule has 0 bridgehead atoms. The van der Waals surface area contributed by atoms with Crippen molar-refractivity contribution in [3.05, 3.63) is 130 Å². The molecule has 3 aromatic carbocycles. The molecule has 0 saturated carbocycles. The zero-order chi connectivity index (χ0) is 21.2. The standard InChI is InChI=1S/C28H24N2O/c1-20-15-17-23(18-16-20)30-27(22-11-6-3-7-12-22)19-25(21-9-4-2-5-10-21)24-13-8-14-26(29-31)28(24)30/h2-7,9-12,15-19H,8,13-14H2,1H3. The number of nitroso groups, excluding NO2 is 1. The summed E-state index contributed by atoms with van der Waals surface area (Å²) in [4.78, 5) is 14.2. The first-order chi connectivity index (χ1) is 15.3. The van der Waals surface area contributed by atoms with E-state index >= 15 is 0 Å². The summed E-state index contributed by atoms with van der Waals surface area (Å²) in [5.41, 5.74) is 9.55. The van der Waals surface area contributed by atoms with Crippen molar-refractivity contribution < 1.29 is 0 Å². The predicted molar refractivity (Wildman–Crippen MR) is 128 cm³/mol. The van der Waals surface area contributed by atoms with Crippen LogP contribution in [-0.4, -0.2) is 0 Å². The van der Waals surface area contributed by atoms with Gasteiger partial charge in [0.1, 0.15) is 5.70 Å². The minimum Gasteiger partial charge on any atom is -0.308 e. The van der Waals surface area contributed by atoms with Gasteiger partial charge in [-0.3, -0.25) is 0 Å². The quantitative estimate of drug-likeness (QED) is 0.422. The second-order valence-electron chi connectivity index (χ2n) is 8.06. The lowest BCUT2D eigenvalue weighted by Gasteiger charge is -2.38. The van der Waals surface area contributed by atoms with Gasteiger partial charge >= 0.3 is 0 Å². The normalized spacial score (nSPS) is 16.2. The van der Waals surface area contributed by atoms with E-state index in [1.54, 1.807) is 0 Å². The summed E-state index contributed by atoms with van der Waals surface area (Å²) in [6.07, 6.45) is 4.85. The molecule has 0 atom stereocenters. The van der Waals surface area contributed by atoms with E-state index in [2.05, 4.69) is 95.9 Å². The number of hydrogen-bond acceptors (Lipinski definition) is 3. The SMILES string of the molecule is Cc1ccc(N2C(c3ccccc3)=CC(c3ccccc3)=C3CCCC(N=O)=C32)cc1. The molecule has 3 aromatic rings. The third-order valence-corrected chi connectivity index (χ3v) is 6.03. The molecular weight excluding hydrogens is 380 g/mol. The number of benzene rings is 3. The summed E-state index contributed by atoms with van der Waals surface area (Å²) < 4.78 is 0. The van der Waals surface area contributed by atoms with Gasteiger partial charge in [-0.05, 0) is 71.8 Å². The number of anilines is 1. The zero-order valence-electron chi connectivity index (χ0n) is 17.6. The molecule has 5 rings (SSSR count). The van der Waals surface area contributed by atoms with Crippen LogP contribution < -0.4 is 4.90 Å². The highest BCUT2D eigenvalue weighted by molar-refractivity contribution is 5.98. The Morgan fingerprint density at radius 2 is 1.42 bits per heavy atom. The van der Waals surface area contributed by atoms with Crippen LogP contribution in [0.1, 0.15) is 36.0 Å². The van der Waals surface area contributed by atoms with E-state index in [9.17, 15) is 4.91 Å². The van der Waals surface area contributed by atoms with Gasteiger partial charge in [-0.1, -0.05) is 78.4 Å². The summed E-state index contributed by atoms with van der Waals surface area (Å²) in [6, 6.07) is 29.3. The van der Waals surface area contributed by atoms with Gasteiger partial charge in [0.15, 0.2) is 0 Å². The van der Waals surface area contributed by atoms with E-state index in [0.717, 1.165) is 35.5 Å². The van der Waals surface area contributed by atoms with Crippen LogP contribution in [0.5, 0.6) is 0 Å². The number of fused-ring (bicyclic) bond motifs is 1. The van der Waals surface area contributed by atoms with Gasteiger partial charge in [-0.25, -0.2) is 0 Å². The first-order valence-electron chi connectivity index (χ1n) is 10.8. The molecule has 0 amide bonds. The van der Waals surface area contributed by atoms with Crippen molar-refractivity contribution in [2.45, 2.75) is 26.2 Å². The van der Waals surface area contributed by atoms with Crippen molar-refractivity contribution in [2.75, 3.05) is 4.90 Å². The molecule has 0 saturated heterocycles. The van der Waals surface area contributed by atoms with Crippen molar-refractivity contribution >= 4 is 17.0 Å². The van der Waals surface area contributed by atoms with Crippen LogP contribution in [0.2, 0.25) is 0 Å². The van der Waals surface area contributed by atoms with Gasteiger partial charge in [0.05, 0.1) is 11.4 Å². The van der Waals surface area contributed by atoms with E-state index in [-0.39, 0.29) is 0 Å². The molecule has 0 aromatic heterocycles. The molecule has 3 nitrogen and oxygen atoms in total. The van der Waals surface area contributed by atoms with E-state index in [1.807, 2.05) is 12.1 Å². The Kier molecular flexibility index (Phi) is 5.09. The van der Waals surface area contributed by atoms with Crippen molar-refractivity contribution in [2.24, 2.45) is 5.18 Å². The minimum atomic E-state index is 0.636. The lowest BCUT2D eigenvalue weighted by atomic mass is 9.84. The number of nitrogens with zero attached hydrogens (tertiary/aromatic N) is 2. The molecule has 3 heteroatoms. The minimum absolute atomic E-state index is 0.636. The monoisotopic (exact) mass is 404 g/mol. The molecule has 31 heavy (non-hydrogen) atoms. The highest BCUT2D eigenvalue weighted by Gasteiger charge is 2.33. The summed E-state index contributed by atoms with van der Waals surface area (Å²) in [5, 5.41) is 3.51. The van der Waals surface area contributed by atoms with Gasteiger partial charge < -0.3 is 4.90 Å². The van der Waals surface area contributed by atoms with Crippen LogP contribution in [0.3, 0.4) is 0 Å². The lowest BCUT2D eigenvalue weighted by Crippen LogP contribution is -2.28. The molecule has 1 aliphatic heterocycles. The first-order valence-corrected chi connectivity index (χ1v) is 10.8. The molecular formula is C28H24N2O. The van der Waals surface area contributed by atoms with Gasteiger partial charge in [0.2, 0.25) is 0 Å². The Morgan fingerprint density at radius 3 is 2.06 bits per heavy atom. The number of hydrogen-bond donors (Lipinski definition) is 0. The molecule has 152 valence electrons. The summed E-state index contributed by atoms with van der Waals surface area (Å²) in [7, 11) is 0. The van der Waals surface area contributed by atoms with E-state index in [4.69, 9.17) is 0 Å². The summed E-state index contributed by atoms with van der Waals surface area (Å²) >= 11 is 0. The third-order valence-electron chi connectivity index (χ3n) is 6.03. The fourth-order valence-electron chi connectivity index (χ4n) is 4.53. The van der Waals surface area contributed by atoms with Crippen LogP contribution in [0.25, 0.3) is 11.3 Å². The molecule has 0 N–H and O–H groups in total. The highest BCUT2D eigenvalue weighted by atomic mass is 16.3. The van der Waals surface area contributed by atoms with Crippen molar-refractivity contribution in [3.63, 3.8) is 0 Å². The van der Waals surface area contributed by atoms with Crippen LogP contribution in [-0.2, 0) is 0 Å². The maximum absolute atomic E-state index is 12.0. The number of aryl methyl sites for hydroxylation is 1. The Labute approximate surface area is 183 Å². The summed E-state index contributed by atoms with van der Waals surface area (Å²) in [5.74, 6) is 0. The smallest absolute Gasteiger partial charge is 0.109 e. The molecule has 0 fully saturated rings. The fourth-order valence-corrected chi connectivity index (χ4v) is 4.53.